The van der Waals surface area contributed by atoms with E-state index in [0.29, 0.717) is 10.6 Å². The number of rotatable bonds is 4. The van der Waals surface area contributed by atoms with Crippen LogP contribution in [-0.4, -0.2) is 18.9 Å². The normalized spacial score (nSPS) is 10.2. The molecule has 0 spiro atoms. The third-order valence-electron chi connectivity index (χ3n) is 3.09. The van der Waals surface area contributed by atoms with E-state index in [0.717, 1.165) is 5.56 Å². The minimum Gasteiger partial charge on any atom is -0.465 e. The van der Waals surface area contributed by atoms with E-state index >= 15 is 0 Å². The lowest BCUT2D eigenvalue weighted by molar-refractivity contribution is 0.0602. The number of Topliss-reactive ketones (excluding diaryl/α,β-unsaturated/α-hetero) is 1. The fraction of sp³-hybridized carbons (Fsp3) is 0.125. The lowest BCUT2D eigenvalue weighted by Gasteiger charge is -2.09. The maximum Gasteiger partial charge on any atom is 0.339 e. The first kappa shape index (κ1) is 15.1. The highest BCUT2D eigenvalue weighted by molar-refractivity contribution is 6.30. The Morgan fingerprint density at radius 3 is 2.33 bits per heavy atom. The summed E-state index contributed by atoms with van der Waals surface area (Å²) in [6.45, 7) is 0. The van der Waals surface area contributed by atoms with Gasteiger partial charge in [-0.2, -0.15) is 0 Å². The molecule has 2 aromatic carbocycles. The van der Waals surface area contributed by atoms with Crippen LogP contribution >= 0.6 is 11.6 Å². The number of carbonyl (C=O) groups excluding carboxylic acids is 2. The molecule has 0 amide bonds. The Bertz CT molecular complexity index is 680. The second kappa shape index (κ2) is 6.41. The molecule has 21 heavy (non-hydrogen) atoms. The zero-order valence-electron chi connectivity index (χ0n) is 11.4. The van der Waals surface area contributed by atoms with E-state index in [1.54, 1.807) is 36.4 Å². The van der Waals surface area contributed by atoms with Crippen LogP contribution in [0.15, 0.2) is 42.5 Å². The highest BCUT2D eigenvalue weighted by Crippen LogP contribution is 2.21. The van der Waals surface area contributed by atoms with Gasteiger partial charge in [0.05, 0.1) is 18.4 Å². The first-order valence-corrected chi connectivity index (χ1v) is 6.65. The molecule has 0 aliphatic carbocycles. The molecule has 2 rings (SSSR count). The summed E-state index contributed by atoms with van der Waals surface area (Å²) in [6.07, 6.45) is 0.187. The van der Waals surface area contributed by atoms with Gasteiger partial charge in [-0.15, -0.1) is 0 Å². The van der Waals surface area contributed by atoms with Crippen LogP contribution in [0.4, 0.5) is 5.69 Å². The summed E-state index contributed by atoms with van der Waals surface area (Å²) in [5.74, 6) is -0.728. The number of hydrogen-bond acceptors (Lipinski definition) is 4. The molecule has 0 aliphatic rings. The van der Waals surface area contributed by atoms with E-state index in [1.165, 1.54) is 13.2 Å². The quantitative estimate of drug-likeness (QED) is 0.535. The maximum atomic E-state index is 12.3. The molecule has 0 unspecified atom stereocenters. The number of anilines is 1. The van der Waals surface area contributed by atoms with Crippen molar-refractivity contribution in [2.45, 2.75) is 6.42 Å². The number of para-hydroxylation sites is 1. The molecular weight excluding hydrogens is 290 g/mol. The van der Waals surface area contributed by atoms with Crippen molar-refractivity contribution in [2.24, 2.45) is 0 Å². The van der Waals surface area contributed by atoms with Gasteiger partial charge < -0.3 is 10.5 Å². The summed E-state index contributed by atoms with van der Waals surface area (Å²) in [5, 5.41) is 0.610. The first-order chi connectivity index (χ1) is 10.0. The number of hydrogen-bond donors (Lipinski definition) is 1. The Morgan fingerprint density at radius 1 is 1.10 bits per heavy atom. The second-order valence-electron chi connectivity index (χ2n) is 4.48. The molecule has 0 fully saturated rings. The first-order valence-electron chi connectivity index (χ1n) is 6.27. The molecule has 0 saturated carbocycles. The molecule has 5 heteroatoms. The average Bonchev–Trinajstić information content (AvgIpc) is 2.49. The Morgan fingerprint density at radius 2 is 1.71 bits per heavy atom. The predicted molar refractivity (Wildman–Crippen MR) is 81.7 cm³/mol. The molecule has 108 valence electrons. The number of esters is 1. The van der Waals surface area contributed by atoms with Gasteiger partial charge in [0.15, 0.2) is 5.78 Å². The fourth-order valence-corrected chi connectivity index (χ4v) is 2.11. The summed E-state index contributed by atoms with van der Waals surface area (Å²) < 4.78 is 4.64. The second-order valence-corrected chi connectivity index (χ2v) is 4.92. The molecule has 0 radical (unpaired) electrons. The van der Waals surface area contributed by atoms with Crippen LogP contribution in [-0.2, 0) is 11.2 Å². The number of ether oxygens (including phenoxy) is 1. The molecule has 0 heterocycles. The number of nitrogen functional groups attached to an aromatic ring is 1. The van der Waals surface area contributed by atoms with Crippen molar-refractivity contribution in [2.75, 3.05) is 12.8 Å². The standard InChI is InChI=1S/C16H14ClNO3/c1-21-16(20)13-4-2-3-12(15(13)18)14(19)9-10-5-7-11(17)8-6-10/h2-8H,9,18H2,1H3. The SMILES string of the molecule is COC(=O)c1cccc(C(=O)Cc2ccc(Cl)cc2)c1N. The van der Waals surface area contributed by atoms with Crippen molar-refractivity contribution in [1.29, 1.82) is 0 Å². The molecular formula is C16H14ClNO3. The van der Waals surface area contributed by atoms with Gasteiger partial charge in [0.2, 0.25) is 0 Å². The smallest absolute Gasteiger partial charge is 0.339 e. The van der Waals surface area contributed by atoms with Crippen molar-refractivity contribution in [1.82, 2.24) is 0 Å². The Labute approximate surface area is 127 Å². The maximum absolute atomic E-state index is 12.3. The van der Waals surface area contributed by atoms with Crippen LogP contribution in [0.1, 0.15) is 26.3 Å². The van der Waals surface area contributed by atoms with Crippen LogP contribution in [0.2, 0.25) is 5.02 Å². The van der Waals surface area contributed by atoms with Crippen LogP contribution in [0.25, 0.3) is 0 Å². The van der Waals surface area contributed by atoms with Gasteiger partial charge >= 0.3 is 5.97 Å². The fourth-order valence-electron chi connectivity index (χ4n) is 1.98. The molecule has 0 aromatic heterocycles. The van der Waals surface area contributed by atoms with Crippen molar-refractivity contribution in [3.63, 3.8) is 0 Å². The van der Waals surface area contributed by atoms with E-state index in [4.69, 9.17) is 17.3 Å². The number of ketones is 1. The Balaban J connectivity index is 2.27. The minimum atomic E-state index is -0.561. The van der Waals surface area contributed by atoms with Crippen LogP contribution in [0.5, 0.6) is 0 Å². The molecule has 0 aliphatic heterocycles. The van der Waals surface area contributed by atoms with Gasteiger partial charge in [-0.25, -0.2) is 4.79 Å². The molecule has 4 nitrogen and oxygen atoms in total. The summed E-state index contributed by atoms with van der Waals surface area (Å²) in [4.78, 5) is 23.9. The predicted octanol–water partition coefficient (Wildman–Crippen LogP) is 3.13. The zero-order valence-corrected chi connectivity index (χ0v) is 12.2. The lowest BCUT2D eigenvalue weighted by atomic mass is 9.99. The topological polar surface area (TPSA) is 69.4 Å². The summed E-state index contributed by atoms with van der Waals surface area (Å²) in [6, 6.07) is 11.7. The highest BCUT2D eigenvalue weighted by Gasteiger charge is 2.17. The molecule has 0 atom stereocenters. The van der Waals surface area contributed by atoms with E-state index in [9.17, 15) is 9.59 Å². The van der Waals surface area contributed by atoms with Gasteiger partial charge in [0.25, 0.3) is 0 Å². The molecule has 2 N–H and O–H groups in total. The van der Waals surface area contributed by atoms with E-state index < -0.39 is 5.97 Å². The van der Waals surface area contributed by atoms with Crippen molar-refractivity contribution in [3.8, 4) is 0 Å². The van der Waals surface area contributed by atoms with Gasteiger partial charge in [-0.05, 0) is 29.8 Å². The molecule has 0 saturated heterocycles. The largest absolute Gasteiger partial charge is 0.465 e. The number of nitrogens with two attached hydrogens (primary N) is 1. The minimum absolute atomic E-state index is 0.142. The monoisotopic (exact) mass is 303 g/mol. The van der Waals surface area contributed by atoms with Crippen molar-refractivity contribution in [3.05, 3.63) is 64.2 Å². The average molecular weight is 304 g/mol. The van der Waals surface area contributed by atoms with Crippen LogP contribution < -0.4 is 5.73 Å². The number of carbonyl (C=O) groups is 2. The summed E-state index contributed by atoms with van der Waals surface area (Å²) >= 11 is 5.81. The third-order valence-corrected chi connectivity index (χ3v) is 3.34. The number of halogens is 1. The van der Waals surface area contributed by atoms with Crippen LogP contribution in [0.3, 0.4) is 0 Å². The van der Waals surface area contributed by atoms with Gasteiger partial charge in [0.1, 0.15) is 0 Å². The van der Waals surface area contributed by atoms with Gasteiger partial charge in [-0.3, -0.25) is 4.79 Å². The summed E-state index contributed by atoms with van der Waals surface area (Å²) in [7, 11) is 1.27. The number of benzene rings is 2. The number of methoxy groups -OCH3 is 1. The zero-order chi connectivity index (χ0) is 15.4. The Kier molecular flexibility index (Phi) is 4.60. The van der Waals surface area contributed by atoms with Crippen molar-refractivity contribution < 1.29 is 14.3 Å². The van der Waals surface area contributed by atoms with Crippen molar-refractivity contribution >= 4 is 29.0 Å². The van der Waals surface area contributed by atoms with Gasteiger partial charge in [-0.1, -0.05) is 29.8 Å². The van der Waals surface area contributed by atoms with Crippen LogP contribution in [0, 0.1) is 0 Å². The Hall–Kier alpha value is -2.33. The van der Waals surface area contributed by atoms with E-state index in [-0.39, 0.29) is 23.5 Å². The van der Waals surface area contributed by atoms with Gasteiger partial charge in [0, 0.05) is 17.0 Å². The highest BCUT2D eigenvalue weighted by atomic mass is 35.5. The molecule has 0 bridgehead atoms. The van der Waals surface area contributed by atoms with E-state index in [2.05, 4.69) is 4.74 Å². The summed E-state index contributed by atoms with van der Waals surface area (Å²) in [5.41, 5.74) is 7.37. The molecule has 2 aromatic rings. The van der Waals surface area contributed by atoms with E-state index in [1.807, 2.05) is 0 Å². The third kappa shape index (κ3) is 3.41. The lowest BCUT2D eigenvalue weighted by Crippen LogP contribution is -2.12.